The van der Waals surface area contributed by atoms with Gasteiger partial charge in [-0.05, 0) is 44.4 Å². The SMILES string of the molecule is Cc1nc([C@@H]2C[C@@H]3CN(Cc4ccncc4)CC[C@H]3O2)sc1C. The van der Waals surface area contributed by atoms with Gasteiger partial charge in [0.1, 0.15) is 11.1 Å². The third kappa shape index (κ3) is 3.18. The summed E-state index contributed by atoms with van der Waals surface area (Å²) in [4.78, 5) is 12.7. The number of rotatable bonds is 3. The van der Waals surface area contributed by atoms with Crippen molar-refractivity contribution >= 4 is 11.3 Å². The monoisotopic (exact) mass is 329 g/mol. The average Bonchev–Trinajstić information content (AvgIpc) is 3.12. The first kappa shape index (κ1) is 15.2. The fourth-order valence-corrected chi connectivity index (χ4v) is 4.69. The molecule has 4 nitrogen and oxygen atoms in total. The van der Waals surface area contributed by atoms with Crippen LogP contribution in [0.4, 0.5) is 0 Å². The first-order valence-electron chi connectivity index (χ1n) is 8.39. The van der Waals surface area contributed by atoms with E-state index in [0.29, 0.717) is 12.0 Å². The Morgan fingerprint density at radius 3 is 2.87 bits per heavy atom. The number of thiazole rings is 1. The minimum atomic E-state index is 0.211. The summed E-state index contributed by atoms with van der Waals surface area (Å²) in [6.07, 6.45) is 6.63. The topological polar surface area (TPSA) is 38.2 Å². The van der Waals surface area contributed by atoms with Gasteiger partial charge in [0.2, 0.25) is 0 Å². The predicted octanol–water partition coefficient (Wildman–Crippen LogP) is 3.51. The molecule has 0 amide bonds. The summed E-state index contributed by atoms with van der Waals surface area (Å²) in [5.74, 6) is 0.639. The van der Waals surface area contributed by atoms with Crippen LogP contribution in [0.1, 0.15) is 40.1 Å². The Labute approximate surface area is 141 Å². The number of likely N-dealkylation sites (tertiary alicyclic amines) is 1. The van der Waals surface area contributed by atoms with E-state index < -0.39 is 0 Å². The molecule has 5 heteroatoms. The Bertz CT molecular complexity index is 653. The fraction of sp³-hybridized carbons (Fsp3) is 0.556. The van der Waals surface area contributed by atoms with E-state index in [1.165, 1.54) is 15.4 Å². The van der Waals surface area contributed by atoms with Gasteiger partial charge in [-0.15, -0.1) is 11.3 Å². The molecule has 0 aromatic carbocycles. The molecule has 2 aromatic heterocycles. The second-order valence-electron chi connectivity index (χ2n) is 6.73. The second-order valence-corrected chi connectivity index (χ2v) is 7.97. The lowest BCUT2D eigenvalue weighted by Crippen LogP contribution is -2.40. The molecule has 2 aliphatic heterocycles. The highest BCUT2D eigenvalue weighted by Crippen LogP contribution is 2.42. The van der Waals surface area contributed by atoms with Crippen molar-refractivity contribution in [1.29, 1.82) is 0 Å². The van der Waals surface area contributed by atoms with Crippen LogP contribution in [0.3, 0.4) is 0 Å². The molecular weight excluding hydrogens is 306 g/mol. The van der Waals surface area contributed by atoms with Gasteiger partial charge in [-0.3, -0.25) is 9.88 Å². The van der Waals surface area contributed by atoms with E-state index in [1.54, 1.807) is 11.3 Å². The quantitative estimate of drug-likeness (QED) is 0.864. The summed E-state index contributed by atoms with van der Waals surface area (Å²) in [5.41, 5.74) is 2.50. The molecule has 0 spiro atoms. The Morgan fingerprint density at radius 2 is 2.13 bits per heavy atom. The Kier molecular flexibility index (Phi) is 4.18. The molecule has 2 saturated heterocycles. The van der Waals surface area contributed by atoms with Crippen molar-refractivity contribution in [3.63, 3.8) is 0 Å². The van der Waals surface area contributed by atoms with E-state index in [0.717, 1.165) is 38.2 Å². The number of fused-ring (bicyclic) bond motifs is 1. The molecule has 122 valence electrons. The number of aryl methyl sites for hydroxylation is 2. The number of hydrogen-bond donors (Lipinski definition) is 0. The molecule has 0 N–H and O–H groups in total. The van der Waals surface area contributed by atoms with E-state index in [9.17, 15) is 0 Å². The Hall–Kier alpha value is -1.30. The molecule has 23 heavy (non-hydrogen) atoms. The summed E-state index contributed by atoms with van der Waals surface area (Å²) < 4.78 is 6.33. The minimum Gasteiger partial charge on any atom is -0.367 e. The summed E-state index contributed by atoms with van der Waals surface area (Å²) in [6.45, 7) is 7.51. The van der Waals surface area contributed by atoms with E-state index in [-0.39, 0.29) is 6.10 Å². The normalized spacial score (nSPS) is 28.0. The smallest absolute Gasteiger partial charge is 0.122 e. The van der Waals surface area contributed by atoms with Crippen LogP contribution in [0.2, 0.25) is 0 Å². The van der Waals surface area contributed by atoms with Crippen LogP contribution in [0.15, 0.2) is 24.5 Å². The van der Waals surface area contributed by atoms with Crippen molar-refractivity contribution in [3.05, 3.63) is 45.7 Å². The summed E-state index contributed by atoms with van der Waals surface area (Å²) >= 11 is 1.80. The second kappa shape index (κ2) is 6.30. The van der Waals surface area contributed by atoms with E-state index in [1.807, 2.05) is 12.4 Å². The lowest BCUT2D eigenvalue weighted by atomic mass is 9.92. The lowest BCUT2D eigenvalue weighted by Gasteiger charge is -2.33. The molecule has 0 radical (unpaired) electrons. The molecule has 0 aliphatic carbocycles. The number of piperidine rings is 1. The molecule has 2 aliphatic rings. The molecule has 0 saturated carbocycles. The maximum absolute atomic E-state index is 6.33. The van der Waals surface area contributed by atoms with Gasteiger partial charge in [0.05, 0.1) is 11.8 Å². The van der Waals surface area contributed by atoms with Crippen molar-refractivity contribution in [2.75, 3.05) is 13.1 Å². The van der Waals surface area contributed by atoms with Gasteiger partial charge in [0, 0.05) is 42.8 Å². The van der Waals surface area contributed by atoms with Gasteiger partial charge in [0.25, 0.3) is 0 Å². The Balaban J connectivity index is 1.40. The minimum absolute atomic E-state index is 0.211. The van der Waals surface area contributed by atoms with Gasteiger partial charge < -0.3 is 4.74 Å². The van der Waals surface area contributed by atoms with Crippen molar-refractivity contribution < 1.29 is 4.74 Å². The zero-order chi connectivity index (χ0) is 15.8. The number of hydrogen-bond acceptors (Lipinski definition) is 5. The molecule has 4 heterocycles. The van der Waals surface area contributed by atoms with Gasteiger partial charge in [-0.2, -0.15) is 0 Å². The van der Waals surface area contributed by atoms with Gasteiger partial charge in [-0.25, -0.2) is 4.98 Å². The average molecular weight is 329 g/mol. The number of pyridine rings is 1. The highest BCUT2D eigenvalue weighted by atomic mass is 32.1. The van der Waals surface area contributed by atoms with Crippen LogP contribution in [0.5, 0.6) is 0 Å². The number of ether oxygens (including phenoxy) is 1. The van der Waals surface area contributed by atoms with E-state index in [2.05, 4.69) is 35.9 Å². The maximum Gasteiger partial charge on any atom is 0.122 e. The van der Waals surface area contributed by atoms with Gasteiger partial charge in [-0.1, -0.05) is 0 Å². The van der Waals surface area contributed by atoms with Crippen LogP contribution < -0.4 is 0 Å². The van der Waals surface area contributed by atoms with Gasteiger partial charge >= 0.3 is 0 Å². The lowest BCUT2D eigenvalue weighted by molar-refractivity contribution is -0.00103. The van der Waals surface area contributed by atoms with Crippen molar-refractivity contribution in [1.82, 2.24) is 14.9 Å². The number of aromatic nitrogens is 2. The van der Waals surface area contributed by atoms with Crippen LogP contribution in [0.25, 0.3) is 0 Å². The maximum atomic E-state index is 6.33. The third-order valence-electron chi connectivity index (χ3n) is 5.08. The molecule has 2 fully saturated rings. The van der Waals surface area contributed by atoms with E-state index in [4.69, 9.17) is 9.72 Å². The summed E-state index contributed by atoms with van der Waals surface area (Å²) in [5, 5.41) is 1.18. The predicted molar refractivity (Wildman–Crippen MR) is 91.4 cm³/mol. The van der Waals surface area contributed by atoms with Crippen molar-refractivity contribution in [2.45, 2.75) is 45.4 Å². The highest BCUT2D eigenvalue weighted by Gasteiger charge is 2.40. The Morgan fingerprint density at radius 1 is 1.30 bits per heavy atom. The zero-order valence-corrected chi connectivity index (χ0v) is 14.6. The first-order chi connectivity index (χ1) is 11.2. The van der Waals surface area contributed by atoms with Crippen LogP contribution in [0, 0.1) is 19.8 Å². The first-order valence-corrected chi connectivity index (χ1v) is 9.21. The molecule has 2 aromatic rings. The van der Waals surface area contributed by atoms with E-state index >= 15 is 0 Å². The van der Waals surface area contributed by atoms with Crippen LogP contribution in [-0.2, 0) is 11.3 Å². The molecule has 4 rings (SSSR count). The molecular formula is C18H23N3OS. The third-order valence-corrected chi connectivity index (χ3v) is 6.25. The van der Waals surface area contributed by atoms with Crippen molar-refractivity contribution in [3.8, 4) is 0 Å². The summed E-state index contributed by atoms with van der Waals surface area (Å²) in [7, 11) is 0. The fourth-order valence-electron chi connectivity index (χ4n) is 3.72. The largest absolute Gasteiger partial charge is 0.367 e. The standard InChI is InChI=1S/C18H23N3OS/c1-12-13(2)23-18(20-12)17-9-15-11-21(8-5-16(15)22-17)10-14-3-6-19-7-4-14/h3-4,6-7,15-17H,5,8-11H2,1-2H3/t15-,16-,17+/m1/s1. The number of nitrogens with zero attached hydrogens (tertiary/aromatic N) is 3. The van der Waals surface area contributed by atoms with Gasteiger partial charge in [0.15, 0.2) is 0 Å². The zero-order valence-electron chi connectivity index (χ0n) is 13.7. The highest BCUT2D eigenvalue weighted by molar-refractivity contribution is 7.11. The molecule has 3 atom stereocenters. The van der Waals surface area contributed by atoms with Crippen LogP contribution >= 0.6 is 11.3 Å². The van der Waals surface area contributed by atoms with Crippen LogP contribution in [-0.4, -0.2) is 34.1 Å². The molecule has 0 bridgehead atoms. The van der Waals surface area contributed by atoms with Crippen molar-refractivity contribution in [2.24, 2.45) is 5.92 Å². The summed E-state index contributed by atoms with van der Waals surface area (Å²) in [6, 6.07) is 4.22. The molecule has 0 unspecified atom stereocenters.